The quantitative estimate of drug-likeness (QED) is 0.607. The van der Waals surface area contributed by atoms with Crippen molar-refractivity contribution in [2.45, 2.75) is 65.2 Å². The van der Waals surface area contributed by atoms with Crippen molar-refractivity contribution in [1.82, 2.24) is 0 Å². The Kier molecular flexibility index (Phi) is 5.34. The molecule has 0 bridgehead atoms. The number of rotatable bonds is 4. The van der Waals surface area contributed by atoms with E-state index in [1.807, 2.05) is 0 Å². The molecule has 4 rings (SSSR count). The van der Waals surface area contributed by atoms with Gasteiger partial charge in [-0.1, -0.05) is 75.6 Å². The summed E-state index contributed by atoms with van der Waals surface area (Å²) in [5.41, 5.74) is 6.95. The Hall–Kier alpha value is -2.08. The van der Waals surface area contributed by atoms with Gasteiger partial charge in [0.2, 0.25) is 0 Å². The monoisotopic (exact) mass is 356 g/mol. The maximum Gasteiger partial charge on any atom is -0.00967 e. The van der Waals surface area contributed by atoms with Gasteiger partial charge in [0.05, 0.1) is 0 Å². The molecule has 0 amide bonds. The minimum absolute atomic E-state index is 0.632. The summed E-state index contributed by atoms with van der Waals surface area (Å²) in [6, 6.07) is 13.8. The normalized spacial score (nSPS) is 19.4. The Bertz CT molecular complexity index is 950. The van der Waals surface area contributed by atoms with E-state index in [-0.39, 0.29) is 0 Å². The summed E-state index contributed by atoms with van der Waals surface area (Å²) in [4.78, 5) is 0. The second kappa shape index (κ2) is 7.89. The molecule has 0 nitrogen and oxygen atoms in total. The zero-order chi connectivity index (χ0) is 18.8. The van der Waals surface area contributed by atoms with Crippen LogP contribution in [0, 0.1) is 12.8 Å². The largest absolute Gasteiger partial charge is 0.0741 e. The van der Waals surface area contributed by atoms with Gasteiger partial charge >= 0.3 is 0 Å². The lowest BCUT2D eigenvalue weighted by Crippen LogP contribution is -2.26. The summed E-state index contributed by atoms with van der Waals surface area (Å²) in [5.74, 6) is 1.40. The van der Waals surface area contributed by atoms with Crippen LogP contribution in [0.3, 0.4) is 0 Å². The van der Waals surface area contributed by atoms with Gasteiger partial charge in [0.15, 0.2) is 0 Å². The molecule has 1 atom stereocenters. The molecule has 2 aliphatic rings. The van der Waals surface area contributed by atoms with Crippen LogP contribution in [0.2, 0.25) is 0 Å². The van der Waals surface area contributed by atoms with Crippen LogP contribution >= 0.6 is 0 Å². The number of fused-ring (bicyclic) bond motifs is 1. The van der Waals surface area contributed by atoms with Crippen molar-refractivity contribution in [3.63, 3.8) is 0 Å². The Labute approximate surface area is 164 Å². The third-order valence-corrected chi connectivity index (χ3v) is 6.61. The van der Waals surface area contributed by atoms with E-state index in [2.05, 4.69) is 75.4 Å². The highest BCUT2D eigenvalue weighted by Crippen LogP contribution is 2.27. The van der Waals surface area contributed by atoms with Crippen LogP contribution in [-0.4, -0.2) is 0 Å². The van der Waals surface area contributed by atoms with Crippen molar-refractivity contribution >= 4 is 12.2 Å². The van der Waals surface area contributed by atoms with Crippen molar-refractivity contribution in [3.8, 4) is 11.1 Å². The molecule has 2 aromatic rings. The van der Waals surface area contributed by atoms with Gasteiger partial charge in [0.25, 0.3) is 0 Å². The molecular weight excluding hydrogens is 324 g/mol. The zero-order valence-electron chi connectivity index (χ0n) is 17.1. The lowest BCUT2D eigenvalue weighted by atomic mass is 9.88. The van der Waals surface area contributed by atoms with Crippen LogP contribution in [0.4, 0.5) is 0 Å². The van der Waals surface area contributed by atoms with Gasteiger partial charge < -0.3 is 0 Å². The molecule has 0 aromatic heterocycles. The fraction of sp³-hybridized carbons (Fsp3) is 0.407. The topological polar surface area (TPSA) is 0 Å². The Morgan fingerprint density at radius 1 is 0.926 bits per heavy atom. The van der Waals surface area contributed by atoms with E-state index in [1.165, 1.54) is 76.8 Å². The summed E-state index contributed by atoms with van der Waals surface area (Å²) in [6.45, 7) is 6.81. The molecule has 0 aliphatic heterocycles. The molecule has 140 valence electrons. The fourth-order valence-electron chi connectivity index (χ4n) is 4.62. The van der Waals surface area contributed by atoms with Crippen molar-refractivity contribution < 1.29 is 0 Å². The molecule has 2 aromatic carbocycles. The molecule has 0 spiro atoms. The number of hydrogen-bond acceptors (Lipinski definition) is 0. The van der Waals surface area contributed by atoms with Crippen LogP contribution < -0.4 is 10.4 Å². The summed E-state index contributed by atoms with van der Waals surface area (Å²) in [5, 5.41) is 2.83. The fourth-order valence-corrected chi connectivity index (χ4v) is 4.62. The second-order valence-electron chi connectivity index (χ2n) is 8.54. The maximum absolute atomic E-state index is 2.54. The standard InChI is InChI=1S/C27H32/c1-4-19(2)23-11-13-24(14-12-23)25-15-10-20(3)26-17-22(18-27(25)26)16-21-8-6-5-7-9-21/h10-19,21H,4-9H2,1-3H3. The van der Waals surface area contributed by atoms with E-state index in [4.69, 9.17) is 0 Å². The average molecular weight is 357 g/mol. The Balaban J connectivity index is 1.72. The Morgan fingerprint density at radius 2 is 1.63 bits per heavy atom. The average Bonchev–Trinajstić information content (AvgIpc) is 3.13. The minimum atomic E-state index is 0.632. The van der Waals surface area contributed by atoms with Gasteiger partial charge in [-0.25, -0.2) is 0 Å². The first kappa shape index (κ1) is 18.3. The highest BCUT2D eigenvalue weighted by Gasteiger charge is 2.13. The van der Waals surface area contributed by atoms with Crippen molar-refractivity contribution in [2.75, 3.05) is 0 Å². The van der Waals surface area contributed by atoms with Crippen molar-refractivity contribution in [1.29, 1.82) is 0 Å². The van der Waals surface area contributed by atoms with Gasteiger partial charge in [-0.05, 0) is 88.4 Å². The third-order valence-electron chi connectivity index (χ3n) is 6.61. The van der Waals surface area contributed by atoms with E-state index >= 15 is 0 Å². The molecule has 0 radical (unpaired) electrons. The molecule has 0 N–H and O–H groups in total. The molecular formula is C27H32. The van der Waals surface area contributed by atoms with Gasteiger partial charge in [0.1, 0.15) is 0 Å². The highest BCUT2D eigenvalue weighted by molar-refractivity contribution is 5.78. The van der Waals surface area contributed by atoms with E-state index in [1.54, 1.807) is 0 Å². The number of allylic oxidation sites excluding steroid dienone is 2. The molecule has 1 saturated carbocycles. The van der Waals surface area contributed by atoms with E-state index in [0.29, 0.717) is 5.92 Å². The van der Waals surface area contributed by atoms with Crippen molar-refractivity contribution in [3.05, 3.63) is 69.6 Å². The van der Waals surface area contributed by atoms with E-state index < -0.39 is 0 Å². The smallest absolute Gasteiger partial charge is 0.00967 e. The van der Waals surface area contributed by atoms with Crippen LogP contribution in [0.15, 0.2) is 48.0 Å². The summed E-state index contributed by atoms with van der Waals surface area (Å²) in [7, 11) is 0. The molecule has 0 heterocycles. The summed E-state index contributed by atoms with van der Waals surface area (Å²) >= 11 is 0. The maximum atomic E-state index is 2.54. The van der Waals surface area contributed by atoms with Crippen molar-refractivity contribution in [2.24, 2.45) is 5.92 Å². The first-order chi connectivity index (χ1) is 13.2. The van der Waals surface area contributed by atoms with Gasteiger partial charge in [-0.3, -0.25) is 0 Å². The number of aryl methyl sites for hydroxylation is 1. The van der Waals surface area contributed by atoms with E-state index in [0.717, 1.165) is 5.92 Å². The third kappa shape index (κ3) is 3.81. The lowest BCUT2D eigenvalue weighted by molar-refractivity contribution is 0.419. The predicted molar refractivity (Wildman–Crippen MR) is 118 cm³/mol. The molecule has 0 heteroatoms. The lowest BCUT2D eigenvalue weighted by Gasteiger charge is -2.18. The SMILES string of the molecule is CCC(C)c1ccc(-c2ccc(C)c3c2=CC(=CC2CCCCC2)C=3)cc1. The number of hydrogen-bond donors (Lipinski definition) is 0. The first-order valence-electron chi connectivity index (χ1n) is 10.8. The van der Waals surface area contributed by atoms with Gasteiger partial charge in [0, 0.05) is 0 Å². The Morgan fingerprint density at radius 3 is 2.33 bits per heavy atom. The summed E-state index contributed by atoms with van der Waals surface area (Å²) < 4.78 is 0. The predicted octanol–water partition coefficient (Wildman–Crippen LogP) is 6.26. The van der Waals surface area contributed by atoms with Crippen LogP contribution in [0.25, 0.3) is 23.3 Å². The molecule has 27 heavy (non-hydrogen) atoms. The van der Waals surface area contributed by atoms with Crippen LogP contribution in [-0.2, 0) is 0 Å². The molecule has 1 unspecified atom stereocenters. The van der Waals surface area contributed by atoms with E-state index in [9.17, 15) is 0 Å². The molecule has 0 saturated heterocycles. The highest BCUT2D eigenvalue weighted by atomic mass is 14.2. The van der Waals surface area contributed by atoms with Crippen LogP contribution in [0.1, 0.15) is 69.4 Å². The first-order valence-corrected chi connectivity index (χ1v) is 10.8. The summed E-state index contributed by atoms with van der Waals surface area (Å²) in [6.07, 6.45) is 15.5. The van der Waals surface area contributed by atoms with Gasteiger partial charge in [-0.2, -0.15) is 0 Å². The minimum Gasteiger partial charge on any atom is -0.0741 e. The molecule has 2 aliphatic carbocycles. The molecule has 1 fully saturated rings. The number of benzene rings is 2. The van der Waals surface area contributed by atoms with Crippen LogP contribution in [0.5, 0.6) is 0 Å². The van der Waals surface area contributed by atoms with Gasteiger partial charge in [-0.15, -0.1) is 0 Å². The second-order valence-corrected chi connectivity index (χ2v) is 8.54. The zero-order valence-corrected chi connectivity index (χ0v) is 17.1.